The van der Waals surface area contributed by atoms with Gasteiger partial charge in [0.15, 0.2) is 0 Å². The highest BCUT2D eigenvalue weighted by molar-refractivity contribution is 5.85. The van der Waals surface area contributed by atoms with Crippen LogP contribution in [-0.4, -0.2) is 6.54 Å². The van der Waals surface area contributed by atoms with Crippen LogP contribution in [0, 0.1) is 0 Å². The second kappa shape index (κ2) is 10.7. The molecule has 3 rings (SSSR count). The summed E-state index contributed by atoms with van der Waals surface area (Å²) in [4.78, 5) is 0. The van der Waals surface area contributed by atoms with Gasteiger partial charge < -0.3 is 5.32 Å². The second-order valence-corrected chi connectivity index (χ2v) is 6.04. The van der Waals surface area contributed by atoms with E-state index in [1.807, 2.05) is 0 Å². The molecule has 0 spiro atoms. The van der Waals surface area contributed by atoms with Gasteiger partial charge in [0, 0.05) is 6.04 Å². The quantitative estimate of drug-likeness (QED) is 0.675. The van der Waals surface area contributed by atoms with Crippen molar-refractivity contribution >= 4 is 24.8 Å². The maximum Gasteiger partial charge on any atom is 0.0323 e. The van der Waals surface area contributed by atoms with E-state index in [2.05, 4.69) is 59.9 Å². The molecule has 0 aromatic heterocycles. The third-order valence-electron chi connectivity index (χ3n) is 4.50. The number of aryl methyl sites for hydroxylation is 2. The van der Waals surface area contributed by atoms with Crippen molar-refractivity contribution in [3.8, 4) is 0 Å². The molecule has 126 valence electrons. The van der Waals surface area contributed by atoms with Crippen molar-refractivity contribution in [3.05, 3.63) is 71.3 Å². The van der Waals surface area contributed by atoms with Gasteiger partial charge in [-0.05, 0) is 61.8 Å². The van der Waals surface area contributed by atoms with Crippen molar-refractivity contribution in [2.75, 3.05) is 6.54 Å². The molecule has 1 unspecified atom stereocenters. The normalized spacial score (nSPS) is 15.9. The molecule has 0 bridgehead atoms. The standard InChI is InChI=1S/C20H25N.2ClH/c1-2-9-17(10-3-1)11-6-7-16-21-20-15-8-13-18-12-4-5-14-19(18)20;;/h1-5,9-10,12,14,20-21H,6-8,11,13,15-16H2;2*1H. The fraction of sp³-hybridized carbons (Fsp3) is 0.400. The van der Waals surface area contributed by atoms with Crippen molar-refractivity contribution in [2.24, 2.45) is 0 Å². The molecule has 2 aromatic carbocycles. The van der Waals surface area contributed by atoms with Gasteiger partial charge in [-0.1, -0.05) is 54.6 Å². The highest BCUT2D eigenvalue weighted by atomic mass is 35.5. The minimum Gasteiger partial charge on any atom is -0.310 e. The van der Waals surface area contributed by atoms with Crippen LogP contribution in [0.4, 0.5) is 0 Å². The predicted molar refractivity (Wildman–Crippen MR) is 104 cm³/mol. The van der Waals surface area contributed by atoms with E-state index in [1.165, 1.54) is 49.7 Å². The van der Waals surface area contributed by atoms with Crippen molar-refractivity contribution in [2.45, 2.75) is 44.6 Å². The van der Waals surface area contributed by atoms with Gasteiger partial charge in [0.25, 0.3) is 0 Å². The summed E-state index contributed by atoms with van der Waals surface area (Å²) in [6.45, 7) is 1.13. The highest BCUT2D eigenvalue weighted by Gasteiger charge is 2.18. The Morgan fingerprint density at radius 1 is 0.870 bits per heavy atom. The lowest BCUT2D eigenvalue weighted by atomic mass is 9.88. The number of hydrogen-bond acceptors (Lipinski definition) is 1. The fourth-order valence-electron chi connectivity index (χ4n) is 3.34. The summed E-state index contributed by atoms with van der Waals surface area (Å²) in [5, 5.41) is 3.76. The van der Waals surface area contributed by atoms with Gasteiger partial charge in [-0.25, -0.2) is 0 Å². The van der Waals surface area contributed by atoms with Crippen LogP contribution in [0.5, 0.6) is 0 Å². The van der Waals surface area contributed by atoms with Crippen LogP contribution in [0.25, 0.3) is 0 Å². The van der Waals surface area contributed by atoms with E-state index >= 15 is 0 Å². The Labute approximate surface area is 152 Å². The molecule has 0 saturated carbocycles. The van der Waals surface area contributed by atoms with E-state index in [-0.39, 0.29) is 24.8 Å². The Bertz CT molecular complexity index is 557. The van der Waals surface area contributed by atoms with Crippen LogP contribution in [-0.2, 0) is 12.8 Å². The largest absolute Gasteiger partial charge is 0.310 e. The molecule has 23 heavy (non-hydrogen) atoms. The van der Waals surface area contributed by atoms with E-state index in [0.29, 0.717) is 6.04 Å². The first-order valence-corrected chi connectivity index (χ1v) is 8.28. The van der Waals surface area contributed by atoms with Crippen molar-refractivity contribution < 1.29 is 0 Å². The molecule has 0 heterocycles. The Morgan fingerprint density at radius 2 is 1.61 bits per heavy atom. The Hall–Kier alpha value is -1.02. The van der Waals surface area contributed by atoms with E-state index in [4.69, 9.17) is 0 Å². The summed E-state index contributed by atoms with van der Waals surface area (Å²) in [6.07, 6.45) is 7.58. The second-order valence-electron chi connectivity index (χ2n) is 6.04. The average Bonchev–Trinajstić information content (AvgIpc) is 2.56. The molecule has 1 aliphatic rings. The van der Waals surface area contributed by atoms with Crippen LogP contribution < -0.4 is 5.32 Å². The zero-order valence-corrected chi connectivity index (χ0v) is 15.2. The number of benzene rings is 2. The fourth-order valence-corrected chi connectivity index (χ4v) is 3.34. The smallest absolute Gasteiger partial charge is 0.0323 e. The number of hydrogen-bond donors (Lipinski definition) is 1. The van der Waals surface area contributed by atoms with E-state index in [1.54, 1.807) is 5.56 Å². The van der Waals surface area contributed by atoms with Crippen LogP contribution in [0.2, 0.25) is 0 Å². The summed E-state index contributed by atoms with van der Waals surface area (Å²) >= 11 is 0. The Kier molecular flexibility index (Phi) is 9.31. The molecular weight excluding hydrogens is 325 g/mol. The maximum atomic E-state index is 3.76. The summed E-state index contributed by atoms with van der Waals surface area (Å²) < 4.78 is 0. The van der Waals surface area contributed by atoms with Crippen molar-refractivity contribution in [3.63, 3.8) is 0 Å². The summed E-state index contributed by atoms with van der Waals surface area (Å²) in [5.41, 5.74) is 4.54. The zero-order valence-electron chi connectivity index (χ0n) is 13.5. The number of nitrogens with one attached hydrogen (secondary N) is 1. The van der Waals surface area contributed by atoms with Crippen molar-refractivity contribution in [1.82, 2.24) is 5.32 Å². The lowest BCUT2D eigenvalue weighted by Crippen LogP contribution is -2.26. The molecule has 1 N–H and O–H groups in total. The molecule has 0 radical (unpaired) electrons. The first-order chi connectivity index (χ1) is 10.4. The molecule has 0 aliphatic heterocycles. The first kappa shape index (κ1) is 20.0. The van der Waals surface area contributed by atoms with E-state index in [9.17, 15) is 0 Å². The van der Waals surface area contributed by atoms with Gasteiger partial charge in [-0.15, -0.1) is 24.8 Å². The SMILES string of the molecule is Cl.Cl.c1ccc(CCCCNC2CCCc3ccccc32)cc1. The molecule has 1 nitrogen and oxygen atoms in total. The minimum absolute atomic E-state index is 0. The number of unbranched alkanes of at least 4 members (excludes halogenated alkanes) is 1. The van der Waals surface area contributed by atoms with Gasteiger partial charge in [-0.3, -0.25) is 0 Å². The van der Waals surface area contributed by atoms with E-state index < -0.39 is 0 Å². The molecule has 0 fully saturated rings. The highest BCUT2D eigenvalue weighted by Crippen LogP contribution is 2.29. The Balaban J connectivity index is 0.00000132. The van der Waals surface area contributed by atoms with Gasteiger partial charge in [-0.2, -0.15) is 0 Å². The summed E-state index contributed by atoms with van der Waals surface area (Å²) in [5.74, 6) is 0. The van der Waals surface area contributed by atoms with Crippen LogP contribution >= 0.6 is 24.8 Å². The van der Waals surface area contributed by atoms with Gasteiger partial charge in [0.2, 0.25) is 0 Å². The minimum atomic E-state index is 0. The van der Waals surface area contributed by atoms with E-state index in [0.717, 1.165) is 6.54 Å². The lowest BCUT2D eigenvalue weighted by molar-refractivity contribution is 0.452. The van der Waals surface area contributed by atoms with Gasteiger partial charge in [0.05, 0.1) is 0 Å². The predicted octanol–water partition coefficient (Wildman–Crippen LogP) is 5.52. The molecule has 1 atom stereocenters. The Morgan fingerprint density at radius 3 is 2.43 bits per heavy atom. The topological polar surface area (TPSA) is 12.0 Å². The number of halogens is 2. The lowest BCUT2D eigenvalue weighted by Gasteiger charge is -2.26. The molecule has 1 aliphatic carbocycles. The monoisotopic (exact) mass is 351 g/mol. The average molecular weight is 352 g/mol. The molecule has 3 heteroatoms. The molecule has 0 amide bonds. The van der Waals surface area contributed by atoms with Gasteiger partial charge >= 0.3 is 0 Å². The van der Waals surface area contributed by atoms with Gasteiger partial charge in [0.1, 0.15) is 0 Å². The maximum absolute atomic E-state index is 3.76. The third kappa shape index (κ3) is 5.84. The molecular formula is C20H27Cl2N. The first-order valence-electron chi connectivity index (χ1n) is 8.28. The van der Waals surface area contributed by atoms with Crippen LogP contribution in [0.15, 0.2) is 54.6 Å². The van der Waals surface area contributed by atoms with Crippen LogP contribution in [0.1, 0.15) is 48.4 Å². The summed E-state index contributed by atoms with van der Waals surface area (Å²) in [6, 6.07) is 20.3. The number of fused-ring (bicyclic) bond motifs is 1. The third-order valence-corrected chi connectivity index (χ3v) is 4.50. The van der Waals surface area contributed by atoms with Crippen LogP contribution in [0.3, 0.4) is 0 Å². The summed E-state index contributed by atoms with van der Waals surface area (Å²) in [7, 11) is 0. The number of rotatable bonds is 6. The molecule has 2 aromatic rings. The zero-order chi connectivity index (χ0) is 14.3. The molecule has 0 saturated heterocycles. The van der Waals surface area contributed by atoms with Crippen molar-refractivity contribution in [1.29, 1.82) is 0 Å².